The molecule has 2 rings (SSSR count). The average Bonchev–Trinajstić information content (AvgIpc) is 2.40. The van der Waals surface area contributed by atoms with Crippen LogP contribution >= 0.6 is 0 Å². The molecule has 4 heteroatoms. The maximum absolute atomic E-state index is 10.7. The zero-order valence-corrected chi connectivity index (χ0v) is 11.6. The van der Waals surface area contributed by atoms with Gasteiger partial charge in [-0.05, 0) is 37.5 Å². The van der Waals surface area contributed by atoms with Gasteiger partial charge in [0.15, 0.2) is 0 Å². The molecule has 1 unspecified atom stereocenters. The van der Waals surface area contributed by atoms with E-state index in [1.807, 2.05) is 0 Å². The highest BCUT2D eigenvalue weighted by Crippen LogP contribution is 2.24. The maximum atomic E-state index is 10.7. The van der Waals surface area contributed by atoms with E-state index < -0.39 is 5.97 Å². The molecule has 1 aliphatic heterocycles. The van der Waals surface area contributed by atoms with E-state index in [-0.39, 0.29) is 12.5 Å². The first kappa shape index (κ1) is 13.9. The van der Waals surface area contributed by atoms with Crippen LogP contribution in [0.4, 0.5) is 5.69 Å². The van der Waals surface area contributed by atoms with E-state index >= 15 is 0 Å². The first-order chi connectivity index (χ1) is 9.08. The Bertz CT molecular complexity index is 459. The summed E-state index contributed by atoms with van der Waals surface area (Å²) in [6.45, 7) is 7.06. The molecule has 0 amide bonds. The van der Waals surface area contributed by atoms with Gasteiger partial charge in [-0.1, -0.05) is 12.1 Å². The summed E-state index contributed by atoms with van der Waals surface area (Å²) < 4.78 is 0. The van der Waals surface area contributed by atoms with Crippen molar-refractivity contribution in [1.82, 2.24) is 5.32 Å². The number of piperazine rings is 1. The number of hydrogen-bond donors (Lipinski definition) is 2. The second kappa shape index (κ2) is 6.06. The van der Waals surface area contributed by atoms with Gasteiger partial charge in [-0.15, -0.1) is 0 Å². The molecule has 1 aliphatic rings. The molecule has 19 heavy (non-hydrogen) atoms. The molecule has 0 aliphatic carbocycles. The Balaban J connectivity index is 2.04. The lowest BCUT2D eigenvalue weighted by atomic mass is 10.0. The molecule has 1 fully saturated rings. The lowest BCUT2D eigenvalue weighted by molar-refractivity contribution is -0.137. The molecule has 1 aromatic carbocycles. The van der Waals surface area contributed by atoms with Crippen molar-refractivity contribution >= 4 is 11.7 Å². The second-order valence-corrected chi connectivity index (χ2v) is 5.25. The van der Waals surface area contributed by atoms with E-state index in [9.17, 15) is 4.79 Å². The molecule has 1 aromatic rings. The minimum atomic E-state index is -0.717. The highest BCUT2D eigenvalue weighted by Gasteiger charge is 2.21. The molecule has 1 heterocycles. The fourth-order valence-electron chi connectivity index (χ4n) is 2.61. The Morgan fingerprint density at radius 3 is 3.00 bits per heavy atom. The van der Waals surface area contributed by atoms with Crippen molar-refractivity contribution in [3.8, 4) is 0 Å². The molecule has 1 atom stereocenters. The van der Waals surface area contributed by atoms with E-state index in [4.69, 9.17) is 5.11 Å². The summed E-state index contributed by atoms with van der Waals surface area (Å²) in [7, 11) is 0. The van der Waals surface area contributed by atoms with Crippen LogP contribution in [0.25, 0.3) is 0 Å². The topological polar surface area (TPSA) is 52.6 Å². The third kappa shape index (κ3) is 3.47. The molecule has 0 spiro atoms. The number of nitrogens with zero attached hydrogens (tertiary/aromatic N) is 1. The van der Waals surface area contributed by atoms with Crippen LogP contribution in [0.1, 0.15) is 24.0 Å². The van der Waals surface area contributed by atoms with Crippen LogP contribution in [0, 0.1) is 13.8 Å². The Kier molecular flexibility index (Phi) is 4.43. The van der Waals surface area contributed by atoms with Gasteiger partial charge >= 0.3 is 5.97 Å². The minimum absolute atomic E-state index is 0.234. The lowest BCUT2D eigenvalue weighted by Crippen LogP contribution is -2.51. The highest BCUT2D eigenvalue weighted by atomic mass is 16.4. The molecular weight excluding hydrogens is 240 g/mol. The molecule has 104 valence electrons. The van der Waals surface area contributed by atoms with Crippen LogP contribution in [-0.2, 0) is 4.79 Å². The van der Waals surface area contributed by atoms with Crippen molar-refractivity contribution in [2.75, 3.05) is 24.5 Å². The van der Waals surface area contributed by atoms with Crippen LogP contribution in [-0.4, -0.2) is 36.8 Å². The standard InChI is InChI=1S/C15H22N2O2/c1-11-4-3-5-14(12(11)2)17-9-8-16-13(10-17)6-7-15(18)19/h3-5,13,16H,6-10H2,1-2H3,(H,18,19). The monoisotopic (exact) mass is 262 g/mol. The van der Waals surface area contributed by atoms with Gasteiger partial charge in [0.1, 0.15) is 0 Å². The number of hydrogen-bond acceptors (Lipinski definition) is 3. The van der Waals surface area contributed by atoms with Gasteiger partial charge in [0.25, 0.3) is 0 Å². The Morgan fingerprint density at radius 2 is 2.26 bits per heavy atom. The van der Waals surface area contributed by atoms with E-state index in [0.717, 1.165) is 19.6 Å². The number of nitrogens with one attached hydrogen (secondary N) is 1. The summed E-state index contributed by atoms with van der Waals surface area (Å²) in [6, 6.07) is 6.64. The number of benzene rings is 1. The largest absolute Gasteiger partial charge is 0.481 e. The van der Waals surface area contributed by atoms with Crippen molar-refractivity contribution in [3.05, 3.63) is 29.3 Å². The Hall–Kier alpha value is -1.55. The summed E-state index contributed by atoms with van der Waals surface area (Å²) in [5, 5.41) is 12.2. The van der Waals surface area contributed by atoms with Crippen LogP contribution < -0.4 is 10.2 Å². The van der Waals surface area contributed by atoms with E-state index in [2.05, 4.69) is 42.3 Å². The summed E-state index contributed by atoms with van der Waals surface area (Å²) in [4.78, 5) is 13.0. The zero-order valence-electron chi connectivity index (χ0n) is 11.6. The van der Waals surface area contributed by atoms with E-state index in [1.54, 1.807) is 0 Å². The molecule has 0 saturated carbocycles. The van der Waals surface area contributed by atoms with Crippen LogP contribution in [0.3, 0.4) is 0 Å². The third-order valence-corrected chi connectivity index (χ3v) is 3.88. The molecule has 2 N–H and O–H groups in total. The molecule has 0 radical (unpaired) electrons. The van der Waals surface area contributed by atoms with E-state index in [0.29, 0.717) is 6.42 Å². The van der Waals surface area contributed by atoms with Gasteiger partial charge in [-0.2, -0.15) is 0 Å². The van der Waals surface area contributed by atoms with Crippen molar-refractivity contribution in [3.63, 3.8) is 0 Å². The minimum Gasteiger partial charge on any atom is -0.481 e. The van der Waals surface area contributed by atoms with Crippen molar-refractivity contribution in [2.45, 2.75) is 32.7 Å². The quantitative estimate of drug-likeness (QED) is 0.871. The third-order valence-electron chi connectivity index (χ3n) is 3.88. The first-order valence-corrected chi connectivity index (χ1v) is 6.84. The van der Waals surface area contributed by atoms with Crippen molar-refractivity contribution in [1.29, 1.82) is 0 Å². The fourth-order valence-corrected chi connectivity index (χ4v) is 2.61. The fraction of sp³-hybridized carbons (Fsp3) is 0.533. The smallest absolute Gasteiger partial charge is 0.303 e. The van der Waals surface area contributed by atoms with Crippen LogP contribution in [0.5, 0.6) is 0 Å². The number of carboxylic acid groups (broad SMARTS) is 1. The Morgan fingerprint density at radius 1 is 1.47 bits per heavy atom. The normalized spacial score (nSPS) is 19.5. The Labute approximate surface area is 114 Å². The van der Waals surface area contributed by atoms with Gasteiger partial charge < -0.3 is 15.3 Å². The molecular formula is C15H22N2O2. The number of anilines is 1. The zero-order chi connectivity index (χ0) is 13.8. The molecule has 0 bridgehead atoms. The summed E-state index contributed by atoms with van der Waals surface area (Å²) in [6.07, 6.45) is 0.926. The van der Waals surface area contributed by atoms with Crippen molar-refractivity contribution < 1.29 is 9.90 Å². The summed E-state index contributed by atoms with van der Waals surface area (Å²) >= 11 is 0. The number of aliphatic carboxylic acids is 1. The SMILES string of the molecule is Cc1cccc(N2CCNC(CCC(=O)O)C2)c1C. The molecule has 0 aromatic heterocycles. The van der Waals surface area contributed by atoms with Gasteiger partial charge in [-0.25, -0.2) is 0 Å². The summed E-state index contributed by atoms with van der Waals surface area (Å²) in [5.41, 5.74) is 3.90. The van der Waals surface area contributed by atoms with Crippen LogP contribution in [0.15, 0.2) is 18.2 Å². The number of aryl methyl sites for hydroxylation is 1. The molecule has 4 nitrogen and oxygen atoms in total. The number of carboxylic acids is 1. The summed E-state index contributed by atoms with van der Waals surface area (Å²) in [5.74, 6) is -0.717. The predicted molar refractivity (Wildman–Crippen MR) is 76.8 cm³/mol. The van der Waals surface area contributed by atoms with Gasteiger partial charge in [0, 0.05) is 37.8 Å². The van der Waals surface area contributed by atoms with E-state index in [1.165, 1.54) is 16.8 Å². The first-order valence-electron chi connectivity index (χ1n) is 6.84. The second-order valence-electron chi connectivity index (χ2n) is 5.25. The van der Waals surface area contributed by atoms with Gasteiger partial charge in [0.2, 0.25) is 0 Å². The average molecular weight is 262 g/mol. The highest BCUT2D eigenvalue weighted by molar-refractivity contribution is 5.66. The predicted octanol–water partition coefficient (Wildman–Crippen LogP) is 1.95. The maximum Gasteiger partial charge on any atom is 0.303 e. The molecule has 1 saturated heterocycles. The number of rotatable bonds is 4. The van der Waals surface area contributed by atoms with Gasteiger partial charge in [0.05, 0.1) is 0 Å². The number of carbonyl (C=O) groups is 1. The lowest BCUT2D eigenvalue weighted by Gasteiger charge is -2.36. The van der Waals surface area contributed by atoms with Crippen molar-refractivity contribution in [2.24, 2.45) is 0 Å². The van der Waals surface area contributed by atoms with Crippen LogP contribution in [0.2, 0.25) is 0 Å². The van der Waals surface area contributed by atoms with Gasteiger partial charge in [-0.3, -0.25) is 4.79 Å².